The molecule has 2 saturated carbocycles. The van der Waals surface area contributed by atoms with E-state index in [0.717, 1.165) is 18.5 Å². The van der Waals surface area contributed by atoms with Crippen molar-refractivity contribution in [2.24, 2.45) is 5.92 Å². The van der Waals surface area contributed by atoms with Gasteiger partial charge < -0.3 is 5.73 Å². The van der Waals surface area contributed by atoms with Crippen LogP contribution >= 0.6 is 0 Å². The van der Waals surface area contributed by atoms with Crippen molar-refractivity contribution in [1.29, 1.82) is 0 Å². The summed E-state index contributed by atoms with van der Waals surface area (Å²) in [7, 11) is 0. The van der Waals surface area contributed by atoms with E-state index in [-0.39, 0.29) is 0 Å². The van der Waals surface area contributed by atoms with Gasteiger partial charge in [0, 0.05) is 25.3 Å². The Bertz CT molecular complexity index is 352. The Morgan fingerprint density at radius 1 is 1.25 bits per heavy atom. The van der Waals surface area contributed by atoms with Crippen molar-refractivity contribution in [3.05, 3.63) is 23.9 Å². The van der Waals surface area contributed by atoms with Crippen molar-refractivity contribution < 1.29 is 0 Å². The van der Waals surface area contributed by atoms with Crippen molar-refractivity contribution in [2.75, 3.05) is 12.3 Å². The summed E-state index contributed by atoms with van der Waals surface area (Å²) in [6.07, 6.45) is 7.55. The zero-order chi connectivity index (χ0) is 11.0. The Hall–Kier alpha value is -1.09. The fourth-order valence-electron chi connectivity index (χ4n) is 2.18. The topological polar surface area (TPSA) is 42.1 Å². The van der Waals surface area contributed by atoms with Crippen molar-refractivity contribution in [3.8, 4) is 0 Å². The number of rotatable bonds is 5. The molecule has 1 aromatic heterocycles. The van der Waals surface area contributed by atoms with E-state index >= 15 is 0 Å². The van der Waals surface area contributed by atoms with Crippen LogP contribution in [0.15, 0.2) is 18.3 Å². The molecular formula is C13H19N3. The van der Waals surface area contributed by atoms with Gasteiger partial charge in [0.25, 0.3) is 0 Å². The van der Waals surface area contributed by atoms with Gasteiger partial charge in [0.2, 0.25) is 0 Å². The summed E-state index contributed by atoms with van der Waals surface area (Å²) in [5.74, 6) is 1.59. The predicted octanol–water partition coefficient (Wildman–Crippen LogP) is 2.04. The minimum absolute atomic E-state index is 0.615. The number of nitrogen functional groups attached to an aromatic ring is 1. The maximum atomic E-state index is 5.60. The molecule has 0 atom stereocenters. The molecule has 0 aromatic carbocycles. The van der Waals surface area contributed by atoms with Gasteiger partial charge in [-0.2, -0.15) is 0 Å². The van der Waals surface area contributed by atoms with Gasteiger partial charge in [0.1, 0.15) is 5.82 Å². The average molecular weight is 217 g/mol. The lowest BCUT2D eigenvalue weighted by Crippen LogP contribution is -2.27. The maximum Gasteiger partial charge on any atom is 0.123 e. The van der Waals surface area contributed by atoms with Crippen LogP contribution in [0.2, 0.25) is 0 Å². The van der Waals surface area contributed by atoms with Gasteiger partial charge in [-0.25, -0.2) is 4.98 Å². The van der Waals surface area contributed by atoms with Crippen LogP contribution in [-0.4, -0.2) is 22.5 Å². The van der Waals surface area contributed by atoms with E-state index in [2.05, 4.69) is 16.0 Å². The van der Waals surface area contributed by atoms with Crippen molar-refractivity contribution in [3.63, 3.8) is 0 Å². The van der Waals surface area contributed by atoms with Gasteiger partial charge in [-0.15, -0.1) is 0 Å². The lowest BCUT2D eigenvalue weighted by Gasteiger charge is -2.21. The average Bonchev–Trinajstić information content (AvgIpc) is 3.14. The van der Waals surface area contributed by atoms with Crippen LogP contribution in [0.1, 0.15) is 31.2 Å². The summed E-state index contributed by atoms with van der Waals surface area (Å²) >= 11 is 0. The third-order valence-corrected chi connectivity index (χ3v) is 3.49. The highest BCUT2D eigenvalue weighted by atomic mass is 15.2. The smallest absolute Gasteiger partial charge is 0.123 e. The second-order valence-corrected chi connectivity index (χ2v) is 5.20. The van der Waals surface area contributed by atoms with Crippen molar-refractivity contribution in [1.82, 2.24) is 9.88 Å². The number of pyridine rings is 1. The third-order valence-electron chi connectivity index (χ3n) is 3.49. The maximum absolute atomic E-state index is 5.60. The van der Waals surface area contributed by atoms with Gasteiger partial charge in [-0.1, -0.05) is 6.07 Å². The second-order valence-electron chi connectivity index (χ2n) is 5.20. The highest BCUT2D eigenvalue weighted by Gasteiger charge is 2.33. The first-order valence-electron chi connectivity index (χ1n) is 6.26. The first-order valence-corrected chi connectivity index (χ1v) is 6.26. The molecule has 1 aromatic rings. The lowest BCUT2D eigenvalue weighted by molar-refractivity contribution is 0.244. The molecule has 0 aliphatic heterocycles. The summed E-state index contributed by atoms with van der Waals surface area (Å²) in [6, 6.07) is 4.85. The van der Waals surface area contributed by atoms with Gasteiger partial charge in [0.15, 0.2) is 0 Å². The summed E-state index contributed by atoms with van der Waals surface area (Å²) < 4.78 is 0. The van der Waals surface area contributed by atoms with Crippen LogP contribution in [0.3, 0.4) is 0 Å². The van der Waals surface area contributed by atoms with E-state index in [1.165, 1.54) is 37.8 Å². The SMILES string of the molecule is Nc1ccc(CN(CC2CC2)C2CC2)cn1. The number of hydrogen-bond acceptors (Lipinski definition) is 3. The number of nitrogens with zero attached hydrogens (tertiary/aromatic N) is 2. The molecule has 0 radical (unpaired) electrons. The molecule has 3 rings (SSSR count). The Morgan fingerprint density at radius 2 is 2.06 bits per heavy atom. The van der Waals surface area contributed by atoms with Crippen molar-refractivity contribution >= 4 is 5.82 Å². The highest BCUT2D eigenvalue weighted by Crippen LogP contribution is 2.35. The first-order chi connectivity index (χ1) is 7.81. The molecule has 0 amide bonds. The molecule has 0 saturated heterocycles. The molecule has 16 heavy (non-hydrogen) atoms. The molecule has 2 aliphatic rings. The fraction of sp³-hybridized carbons (Fsp3) is 0.615. The fourth-order valence-corrected chi connectivity index (χ4v) is 2.18. The minimum Gasteiger partial charge on any atom is -0.384 e. The quantitative estimate of drug-likeness (QED) is 0.820. The number of aromatic nitrogens is 1. The van der Waals surface area contributed by atoms with Crippen molar-refractivity contribution in [2.45, 2.75) is 38.3 Å². The van der Waals surface area contributed by atoms with Gasteiger partial charge >= 0.3 is 0 Å². The molecule has 0 spiro atoms. The normalized spacial score (nSPS) is 20.3. The van der Waals surface area contributed by atoms with Crippen LogP contribution < -0.4 is 5.73 Å². The second kappa shape index (κ2) is 4.06. The zero-order valence-electron chi connectivity index (χ0n) is 9.60. The first kappa shape index (κ1) is 10.1. The van der Waals surface area contributed by atoms with E-state index in [1.807, 2.05) is 12.3 Å². The molecule has 3 nitrogen and oxygen atoms in total. The Labute approximate surface area is 96.7 Å². The molecule has 0 bridgehead atoms. The third kappa shape index (κ3) is 2.53. The lowest BCUT2D eigenvalue weighted by atomic mass is 10.2. The van der Waals surface area contributed by atoms with Crippen LogP contribution in [0.25, 0.3) is 0 Å². The summed E-state index contributed by atoms with van der Waals surface area (Å²) in [6.45, 7) is 2.34. The highest BCUT2D eigenvalue weighted by molar-refractivity contribution is 5.29. The van der Waals surface area contributed by atoms with Crippen LogP contribution in [-0.2, 0) is 6.54 Å². The van der Waals surface area contributed by atoms with E-state index in [1.54, 1.807) is 0 Å². The minimum atomic E-state index is 0.615. The summed E-state index contributed by atoms with van der Waals surface area (Å²) in [5.41, 5.74) is 6.89. The molecule has 86 valence electrons. The Kier molecular flexibility index (Phi) is 2.56. The van der Waals surface area contributed by atoms with Crippen LogP contribution in [0.4, 0.5) is 5.82 Å². The molecule has 3 heteroatoms. The number of anilines is 1. The Balaban J connectivity index is 1.63. The molecular weight excluding hydrogens is 198 g/mol. The number of hydrogen-bond donors (Lipinski definition) is 1. The zero-order valence-corrected chi connectivity index (χ0v) is 9.60. The summed E-state index contributed by atoms with van der Waals surface area (Å²) in [4.78, 5) is 6.79. The van der Waals surface area contributed by atoms with E-state index in [9.17, 15) is 0 Å². The van der Waals surface area contributed by atoms with Gasteiger partial charge in [-0.3, -0.25) is 4.90 Å². The largest absolute Gasteiger partial charge is 0.384 e. The van der Waals surface area contributed by atoms with Crippen LogP contribution in [0, 0.1) is 5.92 Å². The molecule has 2 N–H and O–H groups in total. The van der Waals surface area contributed by atoms with E-state index in [4.69, 9.17) is 5.73 Å². The number of nitrogens with two attached hydrogens (primary N) is 1. The molecule has 2 fully saturated rings. The van der Waals surface area contributed by atoms with E-state index in [0.29, 0.717) is 5.82 Å². The van der Waals surface area contributed by atoms with E-state index < -0.39 is 0 Å². The molecule has 2 aliphatic carbocycles. The monoisotopic (exact) mass is 217 g/mol. The molecule has 1 heterocycles. The summed E-state index contributed by atoms with van der Waals surface area (Å²) in [5, 5.41) is 0. The molecule has 0 unspecified atom stereocenters. The van der Waals surface area contributed by atoms with Gasteiger partial charge in [0.05, 0.1) is 0 Å². The predicted molar refractivity (Wildman–Crippen MR) is 64.8 cm³/mol. The standard InChI is InChI=1S/C13H19N3/c14-13-6-3-11(7-15-13)9-16(12-4-5-12)8-10-1-2-10/h3,6-7,10,12H,1-2,4-5,8-9H2,(H2,14,15). The Morgan fingerprint density at radius 3 is 2.62 bits per heavy atom. The van der Waals surface area contributed by atoms with Gasteiger partial charge in [-0.05, 0) is 43.2 Å². The van der Waals surface area contributed by atoms with Crippen LogP contribution in [0.5, 0.6) is 0 Å².